The molecule has 0 heterocycles. The van der Waals surface area contributed by atoms with E-state index >= 15 is 0 Å². The number of rotatable bonds is 3. The fourth-order valence-corrected chi connectivity index (χ4v) is 1.78. The second-order valence-corrected chi connectivity index (χ2v) is 4.58. The molecule has 0 aliphatic rings. The van der Waals surface area contributed by atoms with Gasteiger partial charge in [0.1, 0.15) is 0 Å². The summed E-state index contributed by atoms with van der Waals surface area (Å²) in [4.78, 5) is 9.05. The molecule has 0 fully saturated rings. The van der Waals surface area contributed by atoms with Crippen molar-refractivity contribution >= 4 is 23.3 Å². The largest absolute Gasteiger partial charge is 0.255 e. The molecule has 0 spiro atoms. The highest BCUT2D eigenvalue weighted by atomic mass is 14.8. The van der Waals surface area contributed by atoms with E-state index in [-0.39, 0.29) is 0 Å². The van der Waals surface area contributed by atoms with Gasteiger partial charge in [0.05, 0.1) is 17.1 Å². The standard InChI is InChI=1S/C17H18N2/c1-13-8-4-6-10-16(13)18-12-15(3)19-17-11-7-5-9-14(17)2/h4-12H,1-3H3. The average Bonchev–Trinajstić information content (AvgIpc) is 2.40. The first kappa shape index (κ1) is 13.2. The van der Waals surface area contributed by atoms with Gasteiger partial charge in [-0.2, -0.15) is 0 Å². The molecule has 0 aromatic heterocycles. The molecular weight excluding hydrogens is 232 g/mol. The van der Waals surface area contributed by atoms with Crippen LogP contribution in [0.1, 0.15) is 18.1 Å². The lowest BCUT2D eigenvalue weighted by Crippen LogP contribution is -1.92. The Labute approximate surface area is 114 Å². The zero-order chi connectivity index (χ0) is 13.7. The number of nitrogens with zero attached hydrogens (tertiary/aromatic N) is 2. The topological polar surface area (TPSA) is 24.7 Å². The molecule has 0 aliphatic heterocycles. The number of para-hydroxylation sites is 2. The number of hydrogen-bond acceptors (Lipinski definition) is 2. The van der Waals surface area contributed by atoms with Gasteiger partial charge >= 0.3 is 0 Å². The molecule has 2 aromatic carbocycles. The van der Waals surface area contributed by atoms with Crippen molar-refractivity contribution in [1.82, 2.24) is 0 Å². The third kappa shape index (κ3) is 3.62. The Morgan fingerprint density at radius 2 is 1.37 bits per heavy atom. The summed E-state index contributed by atoms with van der Waals surface area (Å²) in [6.45, 7) is 6.08. The number of benzene rings is 2. The summed E-state index contributed by atoms with van der Waals surface area (Å²) in [5.41, 5.74) is 5.23. The fraction of sp³-hybridized carbons (Fsp3) is 0.176. The zero-order valence-electron chi connectivity index (χ0n) is 11.6. The Morgan fingerprint density at radius 1 is 0.842 bits per heavy atom. The van der Waals surface area contributed by atoms with Gasteiger partial charge in [-0.15, -0.1) is 0 Å². The van der Waals surface area contributed by atoms with Crippen LogP contribution >= 0.6 is 0 Å². The first-order valence-corrected chi connectivity index (χ1v) is 6.37. The second-order valence-electron chi connectivity index (χ2n) is 4.58. The zero-order valence-corrected chi connectivity index (χ0v) is 11.6. The van der Waals surface area contributed by atoms with Crippen LogP contribution in [0, 0.1) is 13.8 Å². The summed E-state index contributed by atoms with van der Waals surface area (Å²) in [5, 5.41) is 0. The van der Waals surface area contributed by atoms with Crippen molar-refractivity contribution in [2.45, 2.75) is 20.8 Å². The van der Waals surface area contributed by atoms with E-state index in [1.165, 1.54) is 11.1 Å². The molecule has 0 bridgehead atoms. The molecule has 19 heavy (non-hydrogen) atoms. The minimum Gasteiger partial charge on any atom is -0.255 e. The van der Waals surface area contributed by atoms with Crippen LogP contribution in [0.3, 0.4) is 0 Å². The van der Waals surface area contributed by atoms with Crippen molar-refractivity contribution in [3.63, 3.8) is 0 Å². The van der Waals surface area contributed by atoms with E-state index in [1.807, 2.05) is 49.5 Å². The average molecular weight is 250 g/mol. The fourth-order valence-electron chi connectivity index (χ4n) is 1.78. The maximum Gasteiger partial charge on any atom is 0.0662 e. The van der Waals surface area contributed by atoms with Crippen LogP contribution in [0.25, 0.3) is 0 Å². The van der Waals surface area contributed by atoms with Crippen molar-refractivity contribution in [2.24, 2.45) is 9.98 Å². The molecule has 2 heteroatoms. The Balaban J connectivity index is 2.20. The SMILES string of the molecule is CC(C=Nc1ccccc1C)=Nc1ccccc1C. The highest BCUT2D eigenvalue weighted by Gasteiger charge is 1.95. The normalized spacial score (nSPS) is 12.1. The molecule has 0 saturated heterocycles. The molecule has 96 valence electrons. The quantitative estimate of drug-likeness (QED) is 0.699. The van der Waals surface area contributed by atoms with Crippen LogP contribution in [-0.2, 0) is 0 Å². The molecule has 0 aliphatic carbocycles. The third-order valence-electron chi connectivity index (χ3n) is 2.92. The smallest absolute Gasteiger partial charge is 0.0662 e. The number of aliphatic imine (C=N–C) groups is 2. The maximum absolute atomic E-state index is 4.57. The van der Waals surface area contributed by atoms with Gasteiger partial charge in [-0.1, -0.05) is 36.4 Å². The lowest BCUT2D eigenvalue weighted by atomic mass is 10.2. The third-order valence-corrected chi connectivity index (χ3v) is 2.92. The van der Waals surface area contributed by atoms with Gasteiger partial charge in [-0.25, -0.2) is 0 Å². The summed E-state index contributed by atoms with van der Waals surface area (Å²) < 4.78 is 0. The van der Waals surface area contributed by atoms with Crippen molar-refractivity contribution in [3.05, 3.63) is 59.7 Å². The summed E-state index contributed by atoms with van der Waals surface area (Å²) in [6, 6.07) is 16.2. The van der Waals surface area contributed by atoms with E-state index in [4.69, 9.17) is 0 Å². The maximum atomic E-state index is 4.57. The second kappa shape index (κ2) is 6.10. The van der Waals surface area contributed by atoms with Gasteiger partial charge in [0.25, 0.3) is 0 Å². The van der Waals surface area contributed by atoms with Gasteiger partial charge in [0, 0.05) is 6.21 Å². The van der Waals surface area contributed by atoms with Crippen molar-refractivity contribution in [3.8, 4) is 0 Å². The van der Waals surface area contributed by atoms with E-state index in [0.717, 1.165) is 17.1 Å². The Morgan fingerprint density at radius 3 is 1.95 bits per heavy atom. The van der Waals surface area contributed by atoms with Gasteiger partial charge in [0.2, 0.25) is 0 Å². The van der Waals surface area contributed by atoms with Gasteiger partial charge in [-0.3, -0.25) is 9.98 Å². The molecule has 0 N–H and O–H groups in total. The van der Waals surface area contributed by atoms with Crippen LogP contribution < -0.4 is 0 Å². The molecule has 0 radical (unpaired) electrons. The Hall–Kier alpha value is -2.22. The summed E-state index contributed by atoms with van der Waals surface area (Å²) in [5.74, 6) is 0. The van der Waals surface area contributed by atoms with E-state index in [2.05, 4.69) is 36.0 Å². The lowest BCUT2D eigenvalue weighted by Gasteiger charge is -2.00. The summed E-state index contributed by atoms with van der Waals surface area (Å²) in [6.07, 6.45) is 1.81. The van der Waals surface area contributed by atoms with Gasteiger partial charge in [0.15, 0.2) is 0 Å². The number of hydrogen-bond donors (Lipinski definition) is 0. The van der Waals surface area contributed by atoms with Gasteiger partial charge < -0.3 is 0 Å². The monoisotopic (exact) mass is 250 g/mol. The van der Waals surface area contributed by atoms with E-state index in [0.29, 0.717) is 0 Å². The minimum atomic E-state index is 0.901. The molecule has 0 atom stereocenters. The molecule has 0 saturated carbocycles. The van der Waals surface area contributed by atoms with Crippen molar-refractivity contribution in [1.29, 1.82) is 0 Å². The lowest BCUT2D eigenvalue weighted by molar-refractivity contribution is 1.39. The van der Waals surface area contributed by atoms with Crippen LogP contribution in [0.2, 0.25) is 0 Å². The highest BCUT2D eigenvalue weighted by Crippen LogP contribution is 2.18. The first-order chi connectivity index (χ1) is 9.16. The van der Waals surface area contributed by atoms with Crippen molar-refractivity contribution in [2.75, 3.05) is 0 Å². The van der Waals surface area contributed by atoms with E-state index in [1.54, 1.807) is 0 Å². The molecule has 2 aromatic rings. The van der Waals surface area contributed by atoms with E-state index < -0.39 is 0 Å². The summed E-state index contributed by atoms with van der Waals surface area (Å²) in [7, 11) is 0. The van der Waals surface area contributed by atoms with Crippen LogP contribution in [0.5, 0.6) is 0 Å². The molecule has 0 unspecified atom stereocenters. The molecule has 0 amide bonds. The van der Waals surface area contributed by atoms with Crippen LogP contribution in [0.4, 0.5) is 11.4 Å². The predicted molar refractivity (Wildman–Crippen MR) is 83.3 cm³/mol. The number of aryl methyl sites for hydroxylation is 2. The van der Waals surface area contributed by atoms with Gasteiger partial charge in [-0.05, 0) is 44.0 Å². The highest BCUT2D eigenvalue weighted by molar-refractivity contribution is 6.30. The van der Waals surface area contributed by atoms with Crippen LogP contribution in [0.15, 0.2) is 58.5 Å². The molecular formula is C17H18N2. The van der Waals surface area contributed by atoms with Crippen LogP contribution in [-0.4, -0.2) is 11.9 Å². The Bertz CT molecular complexity index is 625. The minimum absolute atomic E-state index is 0.901. The van der Waals surface area contributed by atoms with E-state index in [9.17, 15) is 0 Å². The van der Waals surface area contributed by atoms with Crippen molar-refractivity contribution < 1.29 is 0 Å². The molecule has 2 nitrogen and oxygen atoms in total. The summed E-state index contributed by atoms with van der Waals surface area (Å²) >= 11 is 0. The first-order valence-electron chi connectivity index (χ1n) is 6.37. The Kier molecular flexibility index (Phi) is 4.24. The molecule has 2 rings (SSSR count). The predicted octanol–water partition coefficient (Wildman–Crippen LogP) is 4.80.